The first-order valence-corrected chi connectivity index (χ1v) is 15.9. The van der Waals surface area contributed by atoms with Crippen molar-refractivity contribution < 1.29 is 33.4 Å². The van der Waals surface area contributed by atoms with Gasteiger partial charge in [-0.05, 0) is 50.7 Å². The van der Waals surface area contributed by atoms with Crippen LogP contribution in [0.5, 0.6) is 5.75 Å². The number of pyridine rings is 1. The largest absolute Gasteiger partial charge is 0.483 e. The molecule has 2 N–H and O–H groups in total. The number of likely N-dealkylation sites (tertiary alicyclic amines) is 1. The van der Waals surface area contributed by atoms with E-state index >= 15 is 0 Å². The van der Waals surface area contributed by atoms with E-state index in [0.717, 1.165) is 38.5 Å². The molecular formula is C32H42N6O7. The zero-order chi connectivity index (χ0) is 31.8. The fourth-order valence-electron chi connectivity index (χ4n) is 5.68. The molecule has 1 saturated carbocycles. The van der Waals surface area contributed by atoms with Crippen LogP contribution in [-0.2, 0) is 19.1 Å². The number of fused-ring (bicyclic) bond motifs is 1. The van der Waals surface area contributed by atoms with E-state index in [1.807, 2.05) is 13.0 Å². The van der Waals surface area contributed by atoms with Crippen LogP contribution < -0.4 is 15.4 Å². The molecule has 242 valence electrons. The van der Waals surface area contributed by atoms with Crippen molar-refractivity contribution in [3.05, 3.63) is 36.0 Å². The Labute approximate surface area is 262 Å². The summed E-state index contributed by atoms with van der Waals surface area (Å²) in [4.78, 5) is 73.2. The van der Waals surface area contributed by atoms with Crippen molar-refractivity contribution in [3.63, 3.8) is 0 Å². The molecule has 3 fully saturated rings. The van der Waals surface area contributed by atoms with Crippen LogP contribution in [0.15, 0.2) is 30.3 Å². The zero-order valence-electron chi connectivity index (χ0n) is 25.8. The SMILES string of the molecule is CCCCOC(=O)N1CCN(C(=O)CNC(=O)c2cc(OCC(=O)N3CCCC3C(=O)NC3CCC3)c3ccccc3n2)CC1. The number of hydrogen-bond donors (Lipinski definition) is 2. The highest BCUT2D eigenvalue weighted by atomic mass is 16.6. The van der Waals surface area contributed by atoms with Crippen LogP contribution in [-0.4, -0.2) is 114 Å². The van der Waals surface area contributed by atoms with Gasteiger partial charge in [0.15, 0.2) is 6.61 Å². The molecule has 2 aromatic rings. The molecule has 0 bridgehead atoms. The second-order valence-corrected chi connectivity index (χ2v) is 11.7. The van der Waals surface area contributed by atoms with Gasteiger partial charge < -0.3 is 34.8 Å². The van der Waals surface area contributed by atoms with Crippen LogP contribution in [0.1, 0.15) is 62.4 Å². The summed E-state index contributed by atoms with van der Waals surface area (Å²) >= 11 is 0. The van der Waals surface area contributed by atoms with Gasteiger partial charge in [-0.1, -0.05) is 25.5 Å². The standard InChI is InChI=1S/C32H42N6O7/c1-2-3-18-44-32(43)37-16-14-36(15-17-37)28(39)20-33-30(41)25-19-27(23-10-4-5-11-24(23)35-25)45-21-29(40)38-13-7-12-26(38)31(42)34-22-8-6-9-22/h4-5,10-11,19,22,26H,2-3,6-9,12-18,20-21H2,1H3,(H,33,41)(H,34,42). The van der Waals surface area contributed by atoms with Crippen LogP contribution in [0.4, 0.5) is 4.79 Å². The van der Waals surface area contributed by atoms with E-state index in [9.17, 15) is 24.0 Å². The summed E-state index contributed by atoms with van der Waals surface area (Å²) in [5, 5.41) is 6.31. The maximum absolute atomic E-state index is 13.2. The fourth-order valence-corrected chi connectivity index (χ4v) is 5.68. The lowest BCUT2D eigenvalue weighted by Gasteiger charge is -2.34. The third kappa shape index (κ3) is 8.00. The van der Waals surface area contributed by atoms with E-state index in [1.165, 1.54) is 6.07 Å². The lowest BCUT2D eigenvalue weighted by atomic mass is 9.93. The maximum Gasteiger partial charge on any atom is 0.409 e. The third-order valence-electron chi connectivity index (χ3n) is 8.60. The quantitative estimate of drug-likeness (QED) is 0.362. The van der Waals surface area contributed by atoms with Gasteiger partial charge in [-0.3, -0.25) is 19.2 Å². The van der Waals surface area contributed by atoms with Crippen molar-refractivity contribution in [2.45, 2.75) is 64.0 Å². The van der Waals surface area contributed by atoms with Gasteiger partial charge in [0.05, 0.1) is 18.7 Å². The van der Waals surface area contributed by atoms with Crippen LogP contribution in [0, 0.1) is 0 Å². The lowest BCUT2D eigenvalue weighted by molar-refractivity contribution is -0.140. The Morgan fingerprint density at radius 3 is 2.42 bits per heavy atom. The van der Waals surface area contributed by atoms with E-state index in [-0.39, 0.29) is 48.7 Å². The van der Waals surface area contributed by atoms with Gasteiger partial charge in [0, 0.05) is 50.2 Å². The number of carbonyl (C=O) groups excluding carboxylic acids is 5. The van der Waals surface area contributed by atoms with Crippen LogP contribution in [0.3, 0.4) is 0 Å². The Balaban J connectivity index is 1.15. The number of nitrogens with one attached hydrogen (secondary N) is 2. The number of benzene rings is 1. The molecule has 5 amide bonds. The van der Waals surface area contributed by atoms with Gasteiger partial charge in [0.2, 0.25) is 11.8 Å². The van der Waals surface area contributed by atoms with Gasteiger partial charge in [-0.15, -0.1) is 0 Å². The molecule has 1 aromatic carbocycles. The average molecular weight is 623 g/mol. The van der Waals surface area contributed by atoms with Gasteiger partial charge in [0.25, 0.3) is 11.8 Å². The summed E-state index contributed by atoms with van der Waals surface area (Å²) in [6, 6.07) is 8.27. The number of hydrogen-bond acceptors (Lipinski definition) is 8. The number of carbonyl (C=O) groups is 5. The Kier molecular flexibility index (Phi) is 10.7. The maximum atomic E-state index is 13.2. The first-order chi connectivity index (χ1) is 21.8. The Morgan fingerprint density at radius 1 is 0.933 bits per heavy atom. The molecule has 1 aromatic heterocycles. The van der Waals surface area contributed by atoms with Crippen molar-refractivity contribution in [1.82, 2.24) is 30.3 Å². The molecule has 13 heteroatoms. The monoisotopic (exact) mass is 622 g/mol. The van der Waals surface area contributed by atoms with Crippen molar-refractivity contribution in [2.75, 3.05) is 52.5 Å². The summed E-state index contributed by atoms with van der Waals surface area (Å²) in [6.07, 6.45) is 5.79. The second kappa shape index (κ2) is 15.0. The van der Waals surface area contributed by atoms with Crippen LogP contribution >= 0.6 is 0 Å². The molecule has 3 aliphatic rings. The van der Waals surface area contributed by atoms with Crippen molar-refractivity contribution in [2.24, 2.45) is 0 Å². The fraction of sp³-hybridized carbons (Fsp3) is 0.562. The predicted molar refractivity (Wildman–Crippen MR) is 164 cm³/mol. The first-order valence-electron chi connectivity index (χ1n) is 15.9. The average Bonchev–Trinajstić information content (AvgIpc) is 3.54. The van der Waals surface area contributed by atoms with E-state index in [1.54, 1.807) is 32.9 Å². The zero-order valence-corrected chi connectivity index (χ0v) is 25.8. The molecule has 1 unspecified atom stereocenters. The smallest absolute Gasteiger partial charge is 0.409 e. The summed E-state index contributed by atoms with van der Waals surface area (Å²) in [7, 11) is 0. The highest BCUT2D eigenvalue weighted by Crippen LogP contribution is 2.27. The Hall–Kier alpha value is -4.42. The van der Waals surface area contributed by atoms with Crippen molar-refractivity contribution >= 4 is 40.6 Å². The molecule has 1 atom stereocenters. The molecule has 13 nitrogen and oxygen atoms in total. The van der Waals surface area contributed by atoms with E-state index in [0.29, 0.717) is 62.4 Å². The van der Waals surface area contributed by atoms with Crippen molar-refractivity contribution in [1.29, 1.82) is 0 Å². The minimum atomic E-state index is -0.560. The number of unbranched alkanes of at least 4 members (excludes halogenated alkanes) is 1. The lowest BCUT2D eigenvalue weighted by Crippen LogP contribution is -2.52. The summed E-state index contributed by atoms with van der Waals surface area (Å²) in [5.74, 6) is -0.933. The summed E-state index contributed by atoms with van der Waals surface area (Å²) in [5.41, 5.74) is 0.544. The number of aromatic nitrogens is 1. The molecule has 0 spiro atoms. The molecule has 1 aliphatic carbocycles. The Bertz CT molecular complexity index is 1410. The number of amides is 5. The molecular weight excluding hydrogens is 580 g/mol. The summed E-state index contributed by atoms with van der Waals surface area (Å²) in [6.45, 7) is 3.77. The number of nitrogens with zero attached hydrogens (tertiary/aromatic N) is 4. The van der Waals surface area contributed by atoms with E-state index < -0.39 is 11.9 Å². The predicted octanol–water partition coefficient (Wildman–Crippen LogP) is 2.08. The third-order valence-corrected chi connectivity index (χ3v) is 8.60. The Morgan fingerprint density at radius 2 is 1.69 bits per heavy atom. The highest BCUT2D eigenvalue weighted by Gasteiger charge is 2.36. The van der Waals surface area contributed by atoms with Gasteiger partial charge >= 0.3 is 6.09 Å². The van der Waals surface area contributed by atoms with Gasteiger partial charge in [0.1, 0.15) is 17.5 Å². The highest BCUT2D eigenvalue weighted by molar-refractivity contribution is 5.98. The number of piperazine rings is 1. The second-order valence-electron chi connectivity index (χ2n) is 11.7. The van der Waals surface area contributed by atoms with Gasteiger partial charge in [-0.2, -0.15) is 0 Å². The molecule has 3 heterocycles. The normalized spacial score (nSPS) is 18.3. The molecule has 45 heavy (non-hydrogen) atoms. The minimum absolute atomic E-state index is 0.0440. The molecule has 5 rings (SSSR count). The summed E-state index contributed by atoms with van der Waals surface area (Å²) < 4.78 is 11.2. The minimum Gasteiger partial charge on any atom is -0.483 e. The number of para-hydroxylation sites is 1. The van der Waals surface area contributed by atoms with E-state index in [2.05, 4.69) is 15.6 Å². The first kappa shape index (κ1) is 32.0. The number of ether oxygens (including phenoxy) is 2. The topological polar surface area (TPSA) is 150 Å². The molecule has 2 saturated heterocycles. The number of rotatable bonds is 11. The molecule has 0 radical (unpaired) electrons. The van der Waals surface area contributed by atoms with Crippen LogP contribution in [0.2, 0.25) is 0 Å². The van der Waals surface area contributed by atoms with E-state index in [4.69, 9.17) is 9.47 Å². The molecule has 2 aliphatic heterocycles. The van der Waals surface area contributed by atoms with Gasteiger partial charge in [-0.25, -0.2) is 9.78 Å². The van der Waals surface area contributed by atoms with Crippen LogP contribution in [0.25, 0.3) is 10.9 Å². The van der Waals surface area contributed by atoms with Crippen molar-refractivity contribution in [3.8, 4) is 5.75 Å².